The zero-order valence-corrected chi connectivity index (χ0v) is 15.5. The van der Waals surface area contributed by atoms with Crippen LogP contribution in [0.15, 0.2) is 85.1 Å². The Balaban J connectivity index is 1.86. The number of benzene rings is 3. The Morgan fingerprint density at radius 1 is 0.852 bits per heavy atom. The number of hydrogen-bond acceptors (Lipinski definition) is 1. The highest BCUT2D eigenvalue weighted by molar-refractivity contribution is 5.85. The van der Waals surface area contributed by atoms with E-state index in [0.717, 1.165) is 16.9 Å². The smallest absolute Gasteiger partial charge is 0.118 e. The lowest BCUT2D eigenvalue weighted by Gasteiger charge is -2.12. The minimum absolute atomic E-state index is 0.0118. The second-order valence-corrected chi connectivity index (χ2v) is 6.55. The largest absolute Gasteiger partial charge is 0.497 e. The second-order valence-electron chi connectivity index (χ2n) is 6.55. The lowest BCUT2D eigenvalue weighted by atomic mass is 9.91. The third-order valence-electron chi connectivity index (χ3n) is 4.82. The van der Waals surface area contributed by atoms with E-state index in [0.29, 0.717) is 0 Å². The number of aryl methyl sites for hydroxylation is 1. The quantitative estimate of drug-likeness (QED) is 0.453. The zero-order chi connectivity index (χ0) is 18.6. The first-order chi connectivity index (χ1) is 13.3. The van der Waals surface area contributed by atoms with E-state index in [4.69, 9.17) is 4.74 Å². The molecule has 0 radical (unpaired) electrons. The predicted molar refractivity (Wildman–Crippen MR) is 111 cm³/mol. The summed E-state index contributed by atoms with van der Waals surface area (Å²) in [4.78, 5) is 0. The minimum atomic E-state index is -0.0118. The number of nitrogens with zero attached hydrogens (tertiary/aromatic N) is 1. The Hall–Kier alpha value is -3.44. The zero-order valence-electron chi connectivity index (χ0n) is 15.5. The molecule has 0 saturated carbocycles. The molecule has 0 fully saturated rings. The van der Waals surface area contributed by atoms with Gasteiger partial charge in [0.25, 0.3) is 0 Å². The van der Waals surface area contributed by atoms with Gasteiger partial charge in [-0.15, -0.1) is 0 Å². The Kier molecular flexibility index (Phi) is 4.68. The molecule has 0 N–H and O–H groups in total. The normalized spacial score (nSPS) is 11.6. The maximum absolute atomic E-state index is 5.32. The van der Waals surface area contributed by atoms with Gasteiger partial charge in [-0.05, 0) is 41.5 Å². The van der Waals surface area contributed by atoms with Crippen molar-refractivity contribution in [3.05, 3.63) is 102 Å². The van der Waals surface area contributed by atoms with Crippen LogP contribution in [-0.4, -0.2) is 11.7 Å². The molecule has 4 aromatic rings. The van der Waals surface area contributed by atoms with E-state index in [1.54, 1.807) is 7.11 Å². The molecule has 1 heterocycles. The van der Waals surface area contributed by atoms with Crippen LogP contribution in [0.3, 0.4) is 0 Å². The molecular formula is C25H21NO. The van der Waals surface area contributed by atoms with Gasteiger partial charge < -0.3 is 9.30 Å². The van der Waals surface area contributed by atoms with Crippen molar-refractivity contribution in [2.24, 2.45) is 7.05 Å². The van der Waals surface area contributed by atoms with E-state index in [2.05, 4.69) is 66.1 Å². The van der Waals surface area contributed by atoms with Gasteiger partial charge in [0.15, 0.2) is 0 Å². The van der Waals surface area contributed by atoms with Gasteiger partial charge in [-0.1, -0.05) is 60.4 Å². The molecule has 2 heteroatoms. The number of ether oxygens (including phenoxy) is 1. The van der Waals surface area contributed by atoms with Crippen molar-refractivity contribution in [3.8, 4) is 17.6 Å². The number of para-hydroxylation sites is 1. The fourth-order valence-corrected chi connectivity index (χ4v) is 3.42. The monoisotopic (exact) mass is 351 g/mol. The molecule has 0 aliphatic rings. The van der Waals surface area contributed by atoms with Crippen LogP contribution in [0.25, 0.3) is 10.9 Å². The summed E-state index contributed by atoms with van der Waals surface area (Å²) < 4.78 is 7.49. The van der Waals surface area contributed by atoms with Gasteiger partial charge in [0.1, 0.15) is 5.75 Å². The molecule has 132 valence electrons. The van der Waals surface area contributed by atoms with Crippen molar-refractivity contribution in [1.29, 1.82) is 0 Å². The summed E-state index contributed by atoms with van der Waals surface area (Å²) in [6.07, 6.45) is 2.19. The molecule has 0 amide bonds. The minimum Gasteiger partial charge on any atom is -0.497 e. The summed E-state index contributed by atoms with van der Waals surface area (Å²) in [5.74, 6) is 7.70. The van der Waals surface area contributed by atoms with E-state index in [1.807, 2.05) is 42.5 Å². The molecule has 0 aliphatic carbocycles. The highest BCUT2D eigenvalue weighted by atomic mass is 16.5. The average Bonchev–Trinajstić information content (AvgIpc) is 3.06. The molecule has 2 nitrogen and oxygen atoms in total. The van der Waals surface area contributed by atoms with Gasteiger partial charge in [-0.2, -0.15) is 0 Å². The van der Waals surface area contributed by atoms with Gasteiger partial charge in [-0.3, -0.25) is 0 Å². The van der Waals surface area contributed by atoms with E-state index < -0.39 is 0 Å². The van der Waals surface area contributed by atoms with Crippen molar-refractivity contribution in [2.45, 2.75) is 5.92 Å². The molecule has 1 aromatic heterocycles. The average molecular weight is 351 g/mol. The van der Waals surface area contributed by atoms with Crippen LogP contribution in [0.1, 0.15) is 22.6 Å². The third kappa shape index (κ3) is 3.45. The van der Waals surface area contributed by atoms with E-state index in [9.17, 15) is 0 Å². The van der Waals surface area contributed by atoms with E-state index in [-0.39, 0.29) is 5.92 Å². The van der Waals surface area contributed by atoms with Crippen molar-refractivity contribution < 1.29 is 4.74 Å². The van der Waals surface area contributed by atoms with Crippen LogP contribution in [0.4, 0.5) is 0 Å². The Labute approximate surface area is 160 Å². The highest BCUT2D eigenvalue weighted by Gasteiger charge is 2.17. The van der Waals surface area contributed by atoms with Gasteiger partial charge in [0, 0.05) is 29.7 Å². The molecular weight excluding hydrogens is 330 g/mol. The lowest BCUT2D eigenvalue weighted by molar-refractivity contribution is 0.414. The number of fused-ring (bicyclic) bond motifs is 1. The molecule has 3 aromatic carbocycles. The van der Waals surface area contributed by atoms with Crippen LogP contribution >= 0.6 is 0 Å². The number of rotatable bonds is 3. The van der Waals surface area contributed by atoms with E-state index in [1.165, 1.54) is 16.5 Å². The second kappa shape index (κ2) is 7.43. The van der Waals surface area contributed by atoms with Crippen LogP contribution in [0.5, 0.6) is 5.75 Å². The topological polar surface area (TPSA) is 14.2 Å². The molecule has 27 heavy (non-hydrogen) atoms. The molecule has 1 unspecified atom stereocenters. The van der Waals surface area contributed by atoms with Gasteiger partial charge in [-0.25, -0.2) is 0 Å². The van der Waals surface area contributed by atoms with Crippen LogP contribution in [-0.2, 0) is 7.05 Å². The Morgan fingerprint density at radius 3 is 2.30 bits per heavy atom. The highest BCUT2D eigenvalue weighted by Crippen LogP contribution is 2.32. The van der Waals surface area contributed by atoms with Crippen LogP contribution in [0, 0.1) is 11.8 Å². The van der Waals surface area contributed by atoms with Gasteiger partial charge >= 0.3 is 0 Å². The standard InChI is InChI=1S/C25H21NO/c1-26-18-24(23-10-6-7-11-25(23)26)22(17-12-19-8-4-3-5-9-19)20-13-15-21(27-2)16-14-20/h3-11,13-16,18,22H,1-2H3. The molecule has 1 atom stereocenters. The molecule has 0 bridgehead atoms. The molecule has 0 spiro atoms. The fraction of sp³-hybridized carbons (Fsp3) is 0.120. The first-order valence-corrected chi connectivity index (χ1v) is 9.01. The maximum atomic E-state index is 5.32. The van der Waals surface area contributed by atoms with Crippen LogP contribution < -0.4 is 4.74 Å². The molecule has 0 aliphatic heterocycles. The Bertz CT molecular complexity index is 1110. The van der Waals surface area contributed by atoms with Gasteiger partial charge in [0.05, 0.1) is 13.0 Å². The summed E-state index contributed by atoms with van der Waals surface area (Å²) in [7, 11) is 3.77. The fourth-order valence-electron chi connectivity index (χ4n) is 3.42. The summed E-state index contributed by atoms with van der Waals surface area (Å²) in [5.41, 5.74) is 4.63. The van der Waals surface area contributed by atoms with Crippen molar-refractivity contribution >= 4 is 10.9 Å². The van der Waals surface area contributed by atoms with Crippen LogP contribution in [0.2, 0.25) is 0 Å². The molecule has 0 saturated heterocycles. The van der Waals surface area contributed by atoms with Crippen molar-refractivity contribution in [3.63, 3.8) is 0 Å². The number of aromatic nitrogens is 1. The number of methoxy groups -OCH3 is 1. The summed E-state index contributed by atoms with van der Waals surface area (Å²) in [6.45, 7) is 0. The first-order valence-electron chi connectivity index (χ1n) is 9.01. The summed E-state index contributed by atoms with van der Waals surface area (Å²) in [6, 6.07) is 26.8. The summed E-state index contributed by atoms with van der Waals surface area (Å²) >= 11 is 0. The van der Waals surface area contributed by atoms with Gasteiger partial charge in [0.2, 0.25) is 0 Å². The maximum Gasteiger partial charge on any atom is 0.118 e. The van der Waals surface area contributed by atoms with Crippen molar-refractivity contribution in [1.82, 2.24) is 4.57 Å². The molecule has 4 rings (SSSR count). The number of hydrogen-bond donors (Lipinski definition) is 0. The van der Waals surface area contributed by atoms with E-state index >= 15 is 0 Å². The first kappa shape index (κ1) is 17.0. The lowest BCUT2D eigenvalue weighted by Crippen LogP contribution is -1.98. The third-order valence-corrected chi connectivity index (χ3v) is 4.82. The summed E-state index contributed by atoms with van der Waals surface area (Å²) in [5, 5.41) is 1.24. The van der Waals surface area contributed by atoms with Crippen molar-refractivity contribution in [2.75, 3.05) is 7.11 Å². The SMILES string of the molecule is COc1ccc(C(C#Cc2ccccc2)c2cn(C)c3ccccc23)cc1. The predicted octanol–water partition coefficient (Wildman–Crippen LogP) is 5.37. The Morgan fingerprint density at radius 2 is 1.56 bits per heavy atom.